The molecule has 2 aliphatic heterocycles. The van der Waals surface area contributed by atoms with Crippen molar-refractivity contribution in [3.05, 3.63) is 33.1 Å². The van der Waals surface area contributed by atoms with Gasteiger partial charge in [-0.1, -0.05) is 0 Å². The van der Waals surface area contributed by atoms with E-state index in [2.05, 4.69) is 0 Å². The highest BCUT2D eigenvalue weighted by Crippen LogP contribution is 2.17. The quantitative estimate of drug-likeness (QED) is 0.471. The van der Waals surface area contributed by atoms with E-state index in [1.807, 2.05) is 22.6 Å². The van der Waals surface area contributed by atoms with Gasteiger partial charge in [-0.05, 0) is 53.6 Å². The van der Waals surface area contributed by atoms with Gasteiger partial charge in [-0.2, -0.15) is 0 Å². The lowest BCUT2D eigenvalue weighted by Gasteiger charge is -2.35. The van der Waals surface area contributed by atoms with E-state index in [0.717, 1.165) is 12.8 Å². The highest BCUT2D eigenvalue weighted by molar-refractivity contribution is 14.1. The molecule has 0 radical (unpaired) electrons. The Hall–Kier alpha value is -1.71. The number of carbonyl (C=O) groups is 3. The zero-order chi connectivity index (χ0) is 18.0. The van der Waals surface area contributed by atoms with Crippen LogP contribution in [0.4, 0.5) is 4.39 Å². The van der Waals surface area contributed by atoms with E-state index in [1.54, 1.807) is 9.80 Å². The third kappa shape index (κ3) is 3.94. The van der Waals surface area contributed by atoms with Crippen molar-refractivity contribution in [1.82, 2.24) is 14.7 Å². The van der Waals surface area contributed by atoms with Gasteiger partial charge in [0.05, 0.1) is 5.56 Å². The van der Waals surface area contributed by atoms with Crippen LogP contribution in [-0.4, -0.2) is 71.7 Å². The summed E-state index contributed by atoms with van der Waals surface area (Å²) in [6.45, 7) is 2.69. The Morgan fingerprint density at radius 3 is 1.92 bits per heavy atom. The monoisotopic (exact) mass is 459 g/mol. The van der Waals surface area contributed by atoms with Crippen LogP contribution in [-0.2, 0) is 9.59 Å². The number of piperazine rings is 1. The molecule has 8 heteroatoms. The van der Waals surface area contributed by atoms with E-state index in [1.165, 1.54) is 23.1 Å². The maximum atomic E-state index is 13.2. The minimum Gasteiger partial charge on any atom is -0.335 e. The van der Waals surface area contributed by atoms with Gasteiger partial charge in [0.2, 0.25) is 0 Å². The fourth-order valence-corrected chi connectivity index (χ4v) is 3.84. The van der Waals surface area contributed by atoms with Crippen molar-refractivity contribution in [2.24, 2.45) is 0 Å². The third-order valence-corrected chi connectivity index (χ3v) is 5.48. The van der Waals surface area contributed by atoms with Crippen LogP contribution in [0.25, 0.3) is 0 Å². The van der Waals surface area contributed by atoms with Gasteiger partial charge in [-0.3, -0.25) is 14.4 Å². The molecule has 1 aromatic rings. The van der Waals surface area contributed by atoms with Crippen molar-refractivity contribution in [2.45, 2.75) is 12.8 Å². The standard InChI is InChI=1S/C17H19FIN3O3/c18-12-3-4-13(14(19)11-12)15(23)21-7-9-22(10-8-21)17(25)16(24)20-5-1-2-6-20/h3-4,11H,1-2,5-10H2. The van der Waals surface area contributed by atoms with Gasteiger partial charge in [0.15, 0.2) is 0 Å². The van der Waals surface area contributed by atoms with Crippen molar-refractivity contribution in [3.8, 4) is 0 Å². The molecule has 0 unspecified atom stereocenters. The average molecular weight is 459 g/mol. The number of carbonyl (C=O) groups excluding carboxylic acids is 3. The second-order valence-corrected chi connectivity index (χ2v) is 7.37. The lowest BCUT2D eigenvalue weighted by atomic mass is 10.1. The Morgan fingerprint density at radius 1 is 0.840 bits per heavy atom. The first-order chi connectivity index (χ1) is 12.0. The van der Waals surface area contributed by atoms with Crippen molar-refractivity contribution in [2.75, 3.05) is 39.3 Å². The molecule has 3 rings (SSSR count). The predicted molar refractivity (Wildman–Crippen MR) is 97.4 cm³/mol. The molecule has 0 aromatic heterocycles. The molecule has 3 amide bonds. The number of halogens is 2. The number of rotatable bonds is 1. The summed E-state index contributed by atoms with van der Waals surface area (Å²) >= 11 is 1.94. The highest BCUT2D eigenvalue weighted by Gasteiger charge is 2.32. The van der Waals surface area contributed by atoms with Crippen LogP contribution in [0.15, 0.2) is 18.2 Å². The topological polar surface area (TPSA) is 60.9 Å². The Kier molecular flexibility index (Phi) is 5.55. The van der Waals surface area contributed by atoms with E-state index < -0.39 is 11.8 Å². The first-order valence-electron chi connectivity index (χ1n) is 8.30. The maximum Gasteiger partial charge on any atom is 0.312 e. The lowest BCUT2D eigenvalue weighted by molar-refractivity contribution is -0.152. The number of benzene rings is 1. The van der Waals surface area contributed by atoms with Gasteiger partial charge in [-0.15, -0.1) is 0 Å². The lowest BCUT2D eigenvalue weighted by Crippen LogP contribution is -2.54. The number of amides is 3. The molecule has 0 atom stereocenters. The molecule has 0 spiro atoms. The fraction of sp³-hybridized carbons (Fsp3) is 0.471. The smallest absolute Gasteiger partial charge is 0.312 e. The summed E-state index contributed by atoms with van der Waals surface area (Å²) < 4.78 is 13.7. The molecule has 0 N–H and O–H groups in total. The van der Waals surface area contributed by atoms with Crippen LogP contribution in [0.5, 0.6) is 0 Å². The minimum atomic E-state index is -0.481. The fourth-order valence-electron chi connectivity index (χ4n) is 3.14. The van der Waals surface area contributed by atoms with Gasteiger partial charge in [0, 0.05) is 42.8 Å². The average Bonchev–Trinajstić information content (AvgIpc) is 3.15. The van der Waals surface area contributed by atoms with Gasteiger partial charge >= 0.3 is 11.8 Å². The van der Waals surface area contributed by atoms with E-state index in [-0.39, 0.29) is 11.7 Å². The van der Waals surface area contributed by atoms with Gasteiger partial charge in [0.25, 0.3) is 5.91 Å². The predicted octanol–water partition coefficient (Wildman–Crippen LogP) is 1.34. The number of nitrogens with zero attached hydrogens (tertiary/aromatic N) is 3. The Balaban J connectivity index is 1.58. The second kappa shape index (κ2) is 7.67. The van der Waals surface area contributed by atoms with Crippen LogP contribution in [0.1, 0.15) is 23.2 Å². The molecule has 2 saturated heterocycles. The molecule has 25 heavy (non-hydrogen) atoms. The summed E-state index contributed by atoms with van der Waals surface area (Å²) in [5.41, 5.74) is 0.454. The van der Waals surface area contributed by atoms with E-state index in [9.17, 15) is 18.8 Å². The number of likely N-dealkylation sites (tertiary alicyclic amines) is 1. The first kappa shape index (κ1) is 18.1. The second-order valence-electron chi connectivity index (χ2n) is 6.21. The molecule has 0 aliphatic carbocycles. The van der Waals surface area contributed by atoms with Crippen LogP contribution in [0, 0.1) is 9.39 Å². The van der Waals surface area contributed by atoms with Crippen molar-refractivity contribution < 1.29 is 18.8 Å². The summed E-state index contributed by atoms with van der Waals surface area (Å²) in [5, 5.41) is 0. The largest absolute Gasteiger partial charge is 0.335 e. The Labute approximate surface area is 159 Å². The molecular weight excluding hydrogens is 440 g/mol. The number of hydrogen-bond donors (Lipinski definition) is 0. The van der Waals surface area contributed by atoms with Crippen molar-refractivity contribution >= 4 is 40.3 Å². The zero-order valence-corrected chi connectivity index (χ0v) is 15.9. The molecule has 1 aromatic carbocycles. The van der Waals surface area contributed by atoms with E-state index in [0.29, 0.717) is 48.4 Å². The summed E-state index contributed by atoms with van der Waals surface area (Å²) in [7, 11) is 0. The van der Waals surface area contributed by atoms with Gasteiger partial charge in [-0.25, -0.2) is 4.39 Å². The molecule has 6 nitrogen and oxygen atoms in total. The summed E-state index contributed by atoms with van der Waals surface area (Å²) in [6.07, 6.45) is 1.88. The summed E-state index contributed by atoms with van der Waals surface area (Å²) in [4.78, 5) is 41.8. The molecule has 2 heterocycles. The van der Waals surface area contributed by atoms with Crippen LogP contribution < -0.4 is 0 Å². The van der Waals surface area contributed by atoms with Crippen LogP contribution in [0.3, 0.4) is 0 Å². The van der Waals surface area contributed by atoms with Crippen LogP contribution >= 0.6 is 22.6 Å². The first-order valence-corrected chi connectivity index (χ1v) is 9.38. The molecular formula is C17H19FIN3O3. The normalized spacial score (nSPS) is 17.8. The minimum absolute atomic E-state index is 0.178. The Bertz CT molecular complexity index is 698. The molecule has 134 valence electrons. The van der Waals surface area contributed by atoms with Crippen molar-refractivity contribution in [1.29, 1.82) is 0 Å². The van der Waals surface area contributed by atoms with Gasteiger partial charge in [0.1, 0.15) is 5.82 Å². The van der Waals surface area contributed by atoms with Crippen molar-refractivity contribution in [3.63, 3.8) is 0 Å². The maximum absolute atomic E-state index is 13.2. The zero-order valence-electron chi connectivity index (χ0n) is 13.7. The molecule has 2 aliphatic rings. The summed E-state index contributed by atoms with van der Waals surface area (Å²) in [6, 6.07) is 4.07. The van der Waals surface area contributed by atoms with Gasteiger partial charge < -0.3 is 14.7 Å². The third-order valence-electron chi connectivity index (χ3n) is 4.59. The molecule has 0 saturated carbocycles. The number of hydrogen-bond acceptors (Lipinski definition) is 3. The SMILES string of the molecule is O=C(C(=O)N1CCN(C(=O)c2ccc(F)cc2I)CC1)N1CCCC1. The summed E-state index contributed by atoms with van der Waals surface area (Å²) in [5.74, 6) is -1.48. The highest BCUT2D eigenvalue weighted by atomic mass is 127. The van der Waals surface area contributed by atoms with E-state index in [4.69, 9.17) is 0 Å². The van der Waals surface area contributed by atoms with E-state index >= 15 is 0 Å². The van der Waals surface area contributed by atoms with Crippen LogP contribution in [0.2, 0.25) is 0 Å². The molecule has 2 fully saturated rings. The Morgan fingerprint density at radius 2 is 1.36 bits per heavy atom. The molecule has 0 bridgehead atoms.